The Hall–Kier alpha value is -2.58. The Morgan fingerprint density at radius 2 is 1.93 bits per heavy atom. The van der Waals surface area contributed by atoms with Crippen LogP contribution in [0.3, 0.4) is 0 Å². The van der Waals surface area contributed by atoms with Crippen molar-refractivity contribution in [3.8, 4) is 5.75 Å². The third-order valence-electron chi connectivity index (χ3n) is 4.33. The molecule has 9 heteroatoms. The molecule has 0 saturated carbocycles. The summed E-state index contributed by atoms with van der Waals surface area (Å²) in [6.45, 7) is 3.09. The maximum atomic E-state index is 12.8. The van der Waals surface area contributed by atoms with Crippen molar-refractivity contribution in [1.29, 1.82) is 0 Å². The maximum absolute atomic E-state index is 12.8. The molecule has 1 saturated heterocycles. The third-order valence-corrected chi connectivity index (χ3v) is 5.19. The number of nitrogens with one attached hydrogen (secondary N) is 2. The molecule has 7 nitrogen and oxygen atoms in total. The molecule has 1 heterocycles. The van der Waals surface area contributed by atoms with Crippen LogP contribution >= 0.6 is 27.5 Å². The molecule has 2 N–H and O–H groups in total. The number of imide groups is 1. The molecule has 0 radical (unpaired) electrons. The molecule has 4 amide bonds. The lowest BCUT2D eigenvalue weighted by Gasteiger charge is -2.23. The summed E-state index contributed by atoms with van der Waals surface area (Å²) in [5, 5.41) is 3.80. The van der Waals surface area contributed by atoms with Gasteiger partial charge in [0, 0.05) is 5.02 Å². The van der Waals surface area contributed by atoms with Gasteiger partial charge in [-0.05, 0) is 53.5 Å². The Kier molecular flexibility index (Phi) is 5.62. The van der Waals surface area contributed by atoms with Crippen molar-refractivity contribution in [3.05, 3.63) is 63.6 Å². The molecule has 1 aliphatic heterocycles. The van der Waals surface area contributed by atoms with Crippen molar-refractivity contribution < 1.29 is 19.1 Å². The van der Waals surface area contributed by atoms with Crippen molar-refractivity contribution in [3.63, 3.8) is 0 Å². The number of ether oxygens (including phenoxy) is 1. The number of nitrogens with zero attached hydrogens (tertiary/aromatic N) is 1. The third kappa shape index (κ3) is 3.83. The number of rotatable bonds is 5. The lowest BCUT2D eigenvalue weighted by Crippen LogP contribution is -2.51. The van der Waals surface area contributed by atoms with Gasteiger partial charge in [0.05, 0.1) is 4.47 Å². The summed E-state index contributed by atoms with van der Waals surface area (Å²) in [6.07, 6.45) is -0.971. The fraction of sp³-hybridized carbons (Fsp3) is 0.211. The monoisotopic (exact) mass is 465 g/mol. The van der Waals surface area contributed by atoms with Gasteiger partial charge in [0.2, 0.25) is 0 Å². The Morgan fingerprint density at radius 3 is 2.57 bits per heavy atom. The van der Waals surface area contributed by atoms with Crippen molar-refractivity contribution in [2.45, 2.75) is 25.5 Å². The molecule has 0 bridgehead atoms. The Morgan fingerprint density at radius 1 is 1.25 bits per heavy atom. The first kappa shape index (κ1) is 20.2. The van der Waals surface area contributed by atoms with E-state index in [4.69, 9.17) is 16.3 Å². The highest BCUT2D eigenvalue weighted by atomic mass is 79.9. The number of urea groups is 1. The number of carbonyl (C=O) groups is 3. The molecule has 1 fully saturated rings. The molecule has 0 aliphatic carbocycles. The van der Waals surface area contributed by atoms with Gasteiger partial charge in [-0.1, -0.05) is 41.9 Å². The van der Waals surface area contributed by atoms with Crippen LogP contribution in [0.15, 0.2) is 53.0 Å². The van der Waals surface area contributed by atoms with Crippen LogP contribution in [-0.2, 0) is 15.1 Å². The van der Waals surface area contributed by atoms with E-state index >= 15 is 0 Å². The zero-order valence-electron chi connectivity index (χ0n) is 15.0. The minimum Gasteiger partial charge on any atom is -0.480 e. The SMILES string of the molecule is CC(Oc1ccc(Cl)cc1Br)C(=O)NN1C(=O)NC(C)(c2ccccc2)C1=O. The minimum absolute atomic E-state index is 0.401. The first-order chi connectivity index (χ1) is 13.2. The van der Waals surface area contributed by atoms with Crippen LogP contribution < -0.4 is 15.5 Å². The Bertz CT molecular complexity index is 940. The maximum Gasteiger partial charge on any atom is 0.344 e. The van der Waals surface area contributed by atoms with E-state index in [1.807, 2.05) is 6.07 Å². The van der Waals surface area contributed by atoms with Gasteiger partial charge in [-0.3, -0.25) is 15.0 Å². The molecule has 0 spiro atoms. The number of hydrazine groups is 1. The second-order valence-electron chi connectivity index (χ2n) is 6.37. The Labute approximate surface area is 175 Å². The molecular weight excluding hydrogens is 450 g/mol. The Balaban J connectivity index is 1.71. The van der Waals surface area contributed by atoms with Gasteiger partial charge in [0.1, 0.15) is 11.3 Å². The highest BCUT2D eigenvalue weighted by Crippen LogP contribution is 2.29. The van der Waals surface area contributed by atoms with E-state index in [0.29, 0.717) is 25.8 Å². The van der Waals surface area contributed by atoms with E-state index in [9.17, 15) is 14.4 Å². The van der Waals surface area contributed by atoms with Gasteiger partial charge in [0.25, 0.3) is 11.8 Å². The van der Waals surface area contributed by atoms with Gasteiger partial charge in [0.15, 0.2) is 6.10 Å². The zero-order valence-corrected chi connectivity index (χ0v) is 17.4. The van der Waals surface area contributed by atoms with Gasteiger partial charge in [-0.2, -0.15) is 5.01 Å². The van der Waals surface area contributed by atoms with Crippen LogP contribution in [0.4, 0.5) is 4.79 Å². The topological polar surface area (TPSA) is 87.7 Å². The van der Waals surface area contributed by atoms with Gasteiger partial charge in [-0.25, -0.2) is 4.79 Å². The largest absolute Gasteiger partial charge is 0.480 e. The smallest absolute Gasteiger partial charge is 0.344 e. The van der Waals surface area contributed by atoms with E-state index in [1.54, 1.807) is 49.4 Å². The second kappa shape index (κ2) is 7.81. The zero-order chi connectivity index (χ0) is 20.5. The van der Waals surface area contributed by atoms with Gasteiger partial charge in [-0.15, -0.1) is 0 Å². The summed E-state index contributed by atoms with van der Waals surface area (Å²) < 4.78 is 6.17. The van der Waals surface area contributed by atoms with E-state index in [-0.39, 0.29) is 0 Å². The molecule has 0 aromatic heterocycles. The highest BCUT2D eigenvalue weighted by molar-refractivity contribution is 9.10. The van der Waals surface area contributed by atoms with E-state index in [0.717, 1.165) is 0 Å². The van der Waals surface area contributed by atoms with E-state index < -0.39 is 29.5 Å². The van der Waals surface area contributed by atoms with Crippen LogP contribution in [0.1, 0.15) is 19.4 Å². The summed E-state index contributed by atoms with van der Waals surface area (Å²) >= 11 is 9.19. The number of hydrogen-bond acceptors (Lipinski definition) is 4. The molecule has 1 aliphatic rings. The summed E-state index contributed by atoms with van der Waals surface area (Å²) in [7, 11) is 0. The lowest BCUT2D eigenvalue weighted by atomic mass is 9.92. The van der Waals surface area contributed by atoms with E-state index in [2.05, 4.69) is 26.7 Å². The van der Waals surface area contributed by atoms with Crippen molar-refractivity contribution in [2.75, 3.05) is 0 Å². The highest BCUT2D eigenvalue weighted by Gasteiger charge is 2.50. The van der Waals surface area contributed by atoms with Gasteiger partial charge >= 0.3 is 6.03 Å². The molecule has 3 rings (SSSR count). The first-order valence-electron chi connectivity index (χ1n) is 8.37. The quantitative estimate of drug-likeness (QED) is 0.662. The predicted molar refractivity (Wildman–Crippen MR) is 107 cm³/mol. The molecule has 2 atom stereocenters. The molecule has 2 aromatic carbocycles. The lowest BCUT2D eigenvalue weighted by molar-refractivity contribution is -0.141. The summed E-state index contributed by atoms with van der Waals surface area (Å²) in [6, 6.07) is 12.9. The first-order valence-corrected chi connectivity index (χ1v) is 9.54. The number of carbonyl (C=O) groups excluding carboxylic acids is 3. The standard InChI is InChI=1S/C19H17BrClN3O4/c1-11(28-15-9-8-13(21)10-14(15)20)16(25)23-24-17(26)19(2,22-18(24)27)12-6-4-3-5-7-12/h3-11H,1-2H3,(H,22,27)(H,23,25). The van der Waals surface area contributed by atoms with Crippen LogP contribution in [-0.4, -0.2) is 29.0 Å². The van der Waals surface area contributed by atoms with Gasteiger partial charge < -0.3 is 10.1 Å². The second-order valence-corrected chi connectivity index (χ2v) is 7.66. The van der Waals surface area contributed by atoms with Crippen LogP contribution in [0, 0.1) is 0 Å². The molecule has 2 unspecified atom stereocenters. The number of benzene rings is 2. The average molecular weight is 467 g/mol. The predicted octanol–water partition coefficient (Wildman–Crippen LogP) is 3.37. The van der Waals surface area contributed by atoms with Crippen LogP contribution in [0.5, 0.6) is 5.75 Å². The summed E-state index contributed by atoms with van der Waals surface area (Å²) in [4.78, 5) is 37.6. The normalized spacial score (nSPS) is 19.9. The van der Waals surface area contributed by atoms with Crippen LogP contribution in [0.2, 0.25) is 5.02 Å². The summed E-state index contributed by atoms with van der Waals surface area (Å²) in [5.74, 6) is -0.835. The number of halogens is 2. The van der Waals surface area contributed by atoms with Crippen LogP contribution in [0.25, 0.3) is 0 Å². The number of amides is 4. The fourth-order valence-electron chi connectivity index (χ4n) is 2.72. The molecule has 28 heavy (non-hydrogen) atoms. The fourth-order valence-corrected chi connectivity index (χ4v) is 3.50. The van der Waals surface area contributed by atoms with Crippen molar-refractivity contribution in [1.82, 2.24) is 15.8 Å². The molecule has 2 aromatic rings. The summed E-state index contributed by atoms with van der Waals surface area (Å²) in [5.41, 5.74) is 1.66. The van der Waals surface area contributed by atoms with Crippen molar-refractivity contribution in [2.24, 2.45) is 0 Å². The number of hydrogen-bond donors (Lipinski definition) is 2. The van der Waals surface area contributed by atoms with E-state index in [1.165, 1.54) is 6.92 Å². The molecule has 146 valence electrons. The minimum atomic E-state index is -1.27. The van der Waals surface area contributed by atoms with Crippen molar-refractivity contribution >= 4 is 45.4 Å². The molecular formula is C19H17BrClN3O4. The average Bonchev–Trinajstić information content (AvgIpc) is 2.88.